The summed E-state index contributed by atoms with van der Waals surface area (Å²) in [6, 6.07) is 0. The highest BCUT2D eigenvalue weighted by atomic mass is 16.6. The Balaban J connectivity index is 4.11. The molecule has 0 aromatic heterocycles. The smallest absolute Gasteiger partial charge is 0.137 e. The average molecular weight is 192 g/mol. The fourth-order valence-electron chi connectivity index (χ4n) is 0.677. The van der Waals surface area contributed by atoms with Crippen molar-refractivity contribution in [2.45, 2.75) is 32.0 Å². The predicted octanol–water partition coefficient (Wildman–Crippen LogP) is 0.171. The lowest BCUT2D eigenvalue weighted by molar-refractivity contribution is -0.153. The topological polar surface area (TPSA) is 58.9 Å². The van der Waals surface area contributed by atoms with E-state index in [1.165, 1.54) is 7.11 Å². The van der Waals surface area contributed by atoms with Gasteiger partial charge in [-0.05, 0) is 20.8 Å². The second-order valence-corrected chi connectivity index (χ2v) is 4.10. The molecule has 0 saturated carbocycles. The summed E-state index contributed by atoms with van der Waals surface area (Å²) in [4.78, 5) is 0. The SMILES string of the molecule is COC(CO)(CO)COC(C)(C)C. The maximum atomic E-state index is 9.01. The van der Waals surface area contributed by atoms with E-state index >= 15 is 0 Å². The average Bonchev–Trinajstić information content (AvgIpc) is 2.06. The molecule has 0 unspecified atom stereocenters. The Morgan fingerprint density at radius 1 is 1.08 bits per heavy atom. The lowest BCUT2D eigenvalue weighted by Crippen LogP contribution is -2.46. The Kier molecular flexibility index (Phi) is 4.85. The Hall–Kier alpha value is -0.160. The molecule has 0 heterocycles. The van der Waals surface area contributed by atoms with Gasteiger partial charge in [-0.2, -0.15) is 0 Å². The van der Waals surface area contributed by atoms with E-state index in [1.54, 1.807) is 0 Å². The van der Waals surface area contributed by atoms with Crippen molar-refractivity contribution in [3.8, 4) is 0 Å². The van der Waals surface area contributed by atoms with E-state index < -0.39 is 5.60 Å². The first-order valence-electron chi connectivity index (χ1n) is 4.30. The van der Waals surface area contributed by atoms with E-state index in [0.717, 1.165) is 0 Å². The number of methoxy groups -OCH3 is 1. The van der Waals surface area contributed by atoms with Crippen molar-refractivity contribution in [2.24, 2.45) is 0 Å². The highest BCUT2D eigenvalue weighted by molar-refractivity contribution is 4.79. The molecule has 0 bridgehead atoms. The molecule has 0 aromatic rings. The zero-order chi connectivity index (χ0) is 10.5. The highest BCUT2D eigenvalue weighted by Crippen LogP contribution is 2.14. The highest BCUT2D eigenvalue weighted by Gasteiger charge is 2.30. The molecule has 13 heavy (non-hydrogen) atoms. The van der Waals surface area contributed by atoms with Crippen molar-refractivity contribution < 1.29 is 19.7 Å². The molecule has 2 N–H and O–H groups in total. The largest absolute Gasteiger partial charge is 0.393 e. The van der Waals surface area contributed by atoms with Crippen LogP contribution in [0.15, 0.2) is 0 Å². The molecule has 0 aliphatic carbocycles. The first-order valence-corrected chi connectivity index (χ1v) is 4.30. The van der Waals surface area contributed by atoms with Crippen LogP contribution >= 0.6 is 0 Å². The van der Waals surface area contributed by atoms with Crippen LogP contribution in [0, 0.1) is 0 Å². The molecule has 0 fully saturated rings. The van der Waals surface area contributed by atoms with Crippen molar-refractivity contribution >= 4 is 0 Å². The van der Waals surface area contributed by atoms with Crippen LogP contribution in [0.25, 0.3) is 0 Å². The predicted molar refractivity (Wildman–Crippen MR) is 49.6 cm³/mol. The molecular weight excluding hydrogens is 172 g/mol. The standard InChI is InChI=1S/C9H20O4/c1-8(2,3)13-7-9(5-10,6-11)12-4/h10-11H,5-7H2,1-4H3. The second kappa shape index (κ2) is 4.91. The summed E-state index contributed by atoms with van der Waals surface area (Å²) >= 11 is 0. The minimum atomic E-state index is -0.979. The Morgan fingerprint density at radius 2 is 1.54 bits per heavy atom. The van der Waals surface area contributed by atoms with E-state index in [4.69, 9.17) is 19.7 Å². The molecular formula is C9H20O4. The monoisotopic (exact) mass is 192 g/mol. The maximum absolute atomic E-state index is 9.01. The van der Waals surface area contributed by atoms with Crippen molar-refractivity contribution in [3.05, 3.63) is 0 Å². The van der Waals surface area contributed by atoms with Gasteiger partial charge < -0.3 is 19.7 Å². The zero-order valence-corrected chi connectivity index (χ0v) is 8.83. The van der Waals surface area contributed by atoms with Gasteiger partial charge in [0.1, 0.15) is 5.60 Å². The van der Waals surface area contributed by atoms with Crippen LogP contribution in [0.1, 0.15) is 20.8 Å². The summed E-state index contributed by atoms with van der Waals surface area (Å²) in [6.45, 7) is 5.39. The van der Waals surface area contributed by atoms with E-state index in [1.807, 2.05) is 20.8 Å². The number of hydrogen-bond acceptors (Lipinski definition) is 4. The fraction of sp³-hybridized carbons (Fsp3) is 1.00. The summed E-state index contributed by atoms with van der Waals surface area (Å²) in [5.41, 5.74) is -1.28. The van der Waals surface area contributed by atoms with E-state index in [0.29, 0.717) is 0 Å². The van der Waals surface area contributed by atoms with Gasteiger partial charge in [0, 0.05) is 7.11 Å². The quantitative estimate of drug-likeness (QED) is 0.652. The van der Waals surface area contributed by atoms with Crippen LogP contribution in [0.4, 0.5) is 0 Å². The van der Waals surface area contributed by atoms with E-state index in [2.05, 4.69) is 0 Å². The normalized spacial score (nSPS) is 13.4. The molecule has 0 saturated heterocycles. The first-order chi connectivity index (χ1) is 5.89. The van der Waals surface area contributed by atoms with Crippen LogP contribution in [0.5, 0.6) is 0 Å². The summed E-state index contributed by atoms with van der Waals surface area (Å²) in [7, 11) is 1.44. The van der Waals surface area contributed by atoms with Gasteiger partial charge in [0.05, 0.1) is 25.4 Å². The molecule has 0 aliphatic rings. The van der Waals surface area contributed by atoms with Gasteiger partial charge in [-0.15, -0.1) is 0 Å². The summed E-state index contributed by atoms with van der Waals surface area (Å²) in [5, 5.41) is 18.0. The lowest BCUT2D eigenvalue weighted by atomic mass is 10.1. The Bertz CT molecular complexity index is 127. The van der Waals surface area contributed by atoms with Gasteiger partial charge >= 0.3 is 0 Å². The van der Waals surface area contributed by atoms with Gasteiger partial charge in [-0.3, -0.25) is 0 Å². The van der Waals surface area contributed by atoms with Crippen LogP contribution < -0.4 is 0 Å². The number of aliphatic hydroxyl groups excluding tert-OH is 2. The molecule has 0 spiro atoms. The van der Waals surface area contributed by atoms with Crippen LogP contribution in [0.2, 0.25) is 0 Å². The van der Waals surface area contributed by atoms with Gasteiger partial charge in [-0.25, -0.2) is 0 Å². The Labute approximate surface area is 79.5 Å². The number of ether oxygens (including phenoxy) is 2. The number of hydrogen-bond donors (Lipinski definition) is 2. The van der Waals surface area contributed by atoms with E-state index in [9.17, 15) is 0 Å². The van der Waals surface area contributed by atoms with Crippen molar-refractivity contribution in [1.82, 2.24) is 0 Å². The number of rotatable bonds is 5. The number of aliphatic hydroxyl groups is 2. The van der Waals surface area contributed by atoms with Crippen LogP contribution in [-0.2, 0) is 9.47 Å². The Morgan fingerprint density at radius 3 is 1.77 bits per heavy atom. The first kappa shape index (κ1) is 12.8. The summed E-state index contributed by atoms with van der Waals surface area (Å²) in [5.74, 6) is 0. The van der Waals surface area contributed by atoms with Crippen LogP contribution in [-0.4, -0.2) is 48.3 Å². The molecule has 0 aliphatic heterocycles. The summed E-state index contributed by atoms with van der Waals surface area (Å²) < 4.78 is 10.4. The third kappa shape index (κ3) is 4.57. The zero-order valence-electron chi connectivity index (χ0n) is 8.83. The lowest BCUT2D eigenvalue weighted by Gasteiger charge is -2.31. The van der Waals surface area contributed by atoms with E-state index in [-0.39, 0.29) is 25.4 Å². The molecule has 0 atom stereocenters. The van der Waals surface area contributed by atoms with Gasteiger partial charge in [0.15, 0.2) is 0 Å². The van der Waals surface area contributed by atoms with Gasteiger partial charge in [0.25, 0.3) is 0 Å². The van der Waals surface area contributed by atoms with Gasteiger partial charge in [-0.1, -0.05) is 0 Å². The van der Waals surface area contributed by atoms with Crippen molar-refractivity contribution in [3.63, 3.8) is 0 Å². The minimum Gasteiger partial charge on any atom is -0.393 e. The molecule has 0 aromatic carbocycles. The second-order valence-electron chi connectivity index (χ2n) is 4.10. The molecule has 80 valence electrons. The molecule has 4 nitrogen and oxygen atoms in total. The van der Waals surface area contributed by atoms with Crippen molar-refractivity contribution in [1.29, 1.82) is 0 Å². The van der Waals surface area contributed by atoms with Crippen molar-refractivity contribution in [2.75, 3.05) is 26.9 Å². The molecule has 0 amide bonds. The fourth-order valence-corrected chi connectivity index (χ4v) is 0.677. The van der Waals surface area contributed by atoms with Gasteiger partial charge in [0.2, 0.25) is 0 Å². The third-order valence-corrected chi connectivity index (χ3v) is 1.78. The molecule has 0 radical (unpaired) electrons. The minimum absolute atomic E-state index is 0.181. The third-order valence-electron chi connectivity index (χ3n) is 1.78. The molecule has 4 heteroatoms. The maximum Gasteiger partial charge on any atom is 0.137 e. The summed E-state index contributed by atoms with van der Waals surface area (Å²) in [6.07, 6.45) is 0. The molecule has 0 rings (SSSR count). The van der Waals surface area contributed by atoms with Crippen LogP contribution in [0.3, 0.4) is 0 Å².